The summed E-state index contributed by atoms with van der Waals surface area (Å²) in [4.78, 5) is 106. The van der Waals surface area contributed by atoms with Crippen LogP contribution in [0.3, 0.4) is 0 Å². The Kier molecular flexibility index (Phi) is 31.5. The van der Waals surface area contributed by atoms with Gasteiger partial charge >= 0.3 is 122 Å². The van der Waals surface area contributed by atoms with Gasteiger partial charge in [-0.15, -0.1) is 0 Å². The van der Waals surface area contributed by atoms with Crippen molar-refractivity contribution in [3.05, 3.63) is 34.4 Å². The number of carbonyl (C=O) groups excluding carboxylic acids is 9. The molecule has 6 amide bonds. The summed E-state index contributed by atoms with van der Waals surface area (Å²) < 4.78 is 690. The molecule has 3 aliphatic heterocycles. The number of hydrogen-bond acceptors (Lipinski definition) is 15. The third-order valence-electron chi connectivity index (χ3n) is 17.0. The van der Waals surface area contributed by atoms with Gasteiger partial charge in [0.05, 0.1) is 11.1 Å². The van der Waals surface area contributed by atoms with Crippen LogP contribution >= 0.6 is 0 Å². The molecule has 1 aromatic rings. The standard InChI is InChI=1S/C19H10F15NO5.2C17H12F15NO5.2C2H3F3/c1-4(2)11(35-12(36)5-6(13(35)37)8(21)10(23)9(22)7(5)20)14(38)39-3-15(24,17(27,28)29)40-19(33,34)16(25,26)18(30,31)32;2*1-10(20,16(27,28)29)15(26,8(36)37-5-13(24,17(30,31)32)38-9(18)19)33-6(34)11(21)3-2-4-12(22,23)14(11,25)7(33)35;2*1-2(3,4)5/h4,11H,3H2,1-2H3;2*9H,2-5H2,1H3;2*1H3/t11-,15?;10-,11?,13?,14?,15?;;;/m01.../s1. The molecule has 5 aliphatic rings. The molecule has 0 bridgehead atoms. The average Bonchev–Trinajstić information content (AvgIpc) is 1.51. The molecule has 2 aliphatic carbocycles. The van der Waals surface area contributed by atoms with Crippen molar-refractivity contribution in [3.8, 4) is 0 Å². The third-order valence-corrected chi connectivity index (χ3v) is 17.0. The number of ether oxygens (including phenoxy) is 6. The Balaban J connectivity index is 0.000000605. The van der Waals surface area contributed by atoms with Crippen molar-refractivity contribution in [2.45, 2.75) is 236 Å². The lowest BCUT2D eigenvalue weighted by atomic mass is 9.73. The molecule has 1 aromatic carbocycles. The third kappa shape index (κ3) is 20.0. The molecule has 69 heteroatoms. The van der Waals surface area contributed by atoms with E-state index >= 15 is 26.3 Å². The number of rotatable bonds is 22. The maximum Gasteiger partial charge on any atom is 0.462 e. The second-order valence-electron chi connectivity index (χ2n) is 26.3. The molecule has 2 saturated heterocycles. The minimum atomic E-state index is -7.42. The van der Waals surface area contributed by atoms with Crippen molar-refractivity contribution in [2.24, 2.45) is 5.92 Å². The number of likely N-dealkylation sites (tertiary alicyclic amines) is 2. The Labute approximate surface area is 659 Å². The molecule has 0 aromatic heterocycles. The molecule has 0 N–H and O–H groups in total. The van der Waals surface area contributed by atoms with Crippen LogP contribution in [0.2, 0.25) is 0 Å². The molecule has 10 unspecified atom stereocenters. The normalized spacial score (nSPS) is 25.1. The van der Waals surface area contributed by atoms with Crippen LogP contribution < -0.4 is 0 Å². The highest BCUT2D eigenvalue weighted by atomic mass is 19.5. The van der Waals surface area contributed by atoms with Gasteiger partial charge in [0, 0.05) is 26.7 Å². The van der Waals surface area contributed by atoms with E-state index in [0.717, 1.165) is 13.8 Å². The van der Waals surface area contributed by atoms with Gasteiger partial charge in [-0.2, -0.15) is 154 Å². The number of carbonyl (C=O) groups is 9. The molecule has 126 heavy (non-hydrogen) atoms. The van der Waals surface area contributed by atoms with Crippen molar-refractivity contribution in [1.29, 1.82) is 0 Å². The molecule has 12 atom stereocenters. The lowest BCUT2D eigenvalue weighted by Crippen LogP contribution is -2.71. The van der Waals surface area contributed by atoms with Crippen molar-refractivity contribution < 1.29 is 295 Å². The van der Waals surface area contributed by atoms with E-state index in [9.17, 15) is 241 Å². The topological polar surface area (TPSA) is 219 Å². The number of benzene rings is 1. The van der Waals surface area contributed by atoms with Crippen LogP contribution in [-0.4, -0.2) is 244 Å². The van der Waals surface area contributed by atoms with Gasteiger partial charge in [0.2, 0.25) is 11.3 Å². The fraction of sp³-hybridized carbons (Fsp3) is 0.737. The Hall–Kier alpha value is -8.64. The minimum Gasteiger partial charge on any atom is -0.458 e. The first kappa shape index (κ1) is 113. The monoisotopic (exact) mass is 1980 g/mol. The highest BCUT2D eigenvalue weighted by Gasteiger charge is 2.91. The zero-order chi connectivity index (χ0) is 101. The predicted molar refractivity (Wildman–Crippen MR) is 288 cm³/mol. The average molecular weight is 1980 g/mol. The fourth-order valence-electron chi connectivity index (χ4n) is 10.6. The van der Waals surface area contributed by atoms with E-state index < -0.39 is 336 Å². The quantitative estimate of drug-likeness (QED) is 0.0200. The summed E-state index contributed by atoms with van der Waals surface area (Å²) in [6.45, 7) is -19.4. The summed E-state index contributed by atoms with van der Waals surface area (Å²) in [5.74, 6) is -88.7. The molecular weight excluding hydrogens is 1940 g/mol. The highest BCUT2D eigenvalue weighted by molar-refractivity contribution is 6.23. The van der Waals surface area contributed by atoms with E-state index in [-0.39, 0.29) is 13.8 Å². The Morgan fingerprint density at radius 1 is 0.373 bits per heavy atom. The Bertz CT molecular complexity index is 4010. The number of esters is 3. The summed E-state index contributed by atoms with van der Waals surface area (Å²) in [6, 6.07) is -2.67. The first-order chi connectivity index (χ1) is 55.1. The number of halogens is 51. The lowest BCUT2D eigenvalue weighted by molar-refractivity contribution is -0.485. The van der Waals surface area contributed by atoms with Gasteiger partial charge in [0.25, 0.3) is 70.0 Å². The lowest BCUT2D eigenvalue weighted by Gasteiger charge is -2.40. The van der Waals surface area contributed by atoms with Crippen LogP contribution in [0.4, 0.5) is 224 Å². The molecule has 6 rings (SSSR count). The van der Waals surface area contributed by atoms with Crippen molar-refractivity contribution >= 4 is 53.4 Å². The maximum absolute atomic E-state index is 15.8. The van der Waals surface area contributed by atoms with Crippen LogP contribution in [0.15, 0.2) is 0 Å². The van der Waals surface area contributed by atoms with Crippen molar-refractivity contribution in [1.82, 2.24) is 14.7 Å². The van der Waals surface area contributed by atoms with E-state index in [1.54, 1.807) is 0 Å². The summed E-state index contributed by atoms with van der Waals surface area (Å²) in [5, 5.41) is 0. The van der Waals surface area contributed by atoms with Gasteiger partial charge < -0.3 is 14.2 Å². The number of nitrogens with zero attached hydrogens (tertiary/aromatic N) is 3. The van der Waals surface area contributed by atoms with Gasteiger partial charge in [-0.25, -0.2) is 94.4 Å². The summed E-state index contributed by atoms with van der Waals surface area (Å²) in [5.41, 5.74) is -36.8. The second kappa shape index (κ2) is 35.0. The van der Waals surface area contributed by atoms with Crippen LogP contribution in [-0.2, 0) is 62.0 Å². The molecule has 0 spiro atoms. The van der Waals surface area contributed by atoms with Gasteiger partial charge in [0.15, 0.2) is 43.1 Å². The van der Waals surface area contributed by atoms with Crippen LogP contribution in [0.5, 0.6) is 0 Å². The smallest absolute Gasteiger partial charge is 0.458 e. The fourth-order valence-corrected chi connectivity index (χ4v) is 10.6. The molecule has 4 fully saturated rings. The van der Waals surface area contributed by atoms with Crippen LogP contribution in [0.25, 0.3) is 0 Å². The Morgan fingerprint density at radius 2 is 0.635 bits per heavy atom. The maximum atomic E-state index is 15.8. The van der Waals surface area contributed by atoms with Gasteiger partial charge in [-0.3, -0.25) is 47.9 Å². The largest absolute Gasteiger partial charge is 0.462 e. The molecule has 2 saturated carbocycles. The molecular formula is C57H40F51N3O15. The van der Waals surface area contributed by atoms with E-state index in [1.807, 2.05) is 0 Å². The summed E-state index contributed by atoms with van der Waals surface area (Å²) >= 11 is 0. The van der Waals surface area contributed by atoms with Crippen molar-refractivity contribution in [2.75, 3.05) is 19.8 Å². The number of imide groups is 3. The molecule has 730 valence electrons. The van der Waals surface area contributed by atoms with Gasteiger partial charge in [-0.1, -0.05) is 13.8 Å². The number of amides is 6. The molecule has 18 nitrogen and oxygen atoms in total. The number of alkyl halides is 47. The number of fused-ring (bicyclic) bond motifs is 3. The SMILES string of the molecule is CC(C)[C@@H](C(=O)OCC(F)(OC(F)(F)C(F)(F)C(F)(F)F)C(F)(F)F)N1C(=O)c2c(F)c(F)c(F)c(F)c2C1=O.CC(F)(C(F)(F)F)C(F)(C(=O)OCC(F)(OC(F)F)C(F)(F)F)N1C(=O)C2(F)CCCC(F)(F)C2(F)C1=O.CC(F)(F)F.CC(F)(F)F.C[C@](F)(C(F)(F)F)C(F)(C(=O)OCC(F)(OC(F)F)C(F)(F)F)N1C(=O)C2(F)CCCC(F)(F)C2(F)C1=O. The number of hydrogen-bond donors (Lipinski definition) is 0. The zero-order valence-corrected chi connectivity index (χ0v) is 60.4. The van der Waals surface area contributed by atoms with Crippen LogP contribution in [0.1, 0.15) is 101 Å². The van der Waals surface area contributed by atoms with E-state index in [2.05, 4.69) is 28.4 Å². The first-order valence-electron chi connectivity index (χ1n) is 31.4. The first-order valence-corrected chi connectivity index (χ1v) is 31.4. The Morgan fingerprint density at radius 3 is 0.857 bits per heavy atom. The van der Waals surface area contributed by atoms with E-state index in [4.69, 9.17) is 0 Å². The van der Waals surface area contributed by atoms with Crippen molar-refractivity contribution in [3.63, 3.8) is 0 Å². The predicted octanol–water partition coefficient (Wildman–Crippen LogP) is 17.7. The van der Waals surface area contributed by atoms with Crippen LogP contribution in [0, 0.1) is 29.2 Å². The zero-order valence-electron chi connectivity index (χ0n) is 60.4. The highest BCUT2D eigenvalue weighted by Crippen LogP contribution is 2.64. The molecule has 0 radical (unpaired) electrons. The van der Waals surface area contributed by atoms with E-state index in [0.29, 0.717) is 0 Å². The minimum absolute atomic E-state index is 0.188. The second-order valence-corrected chi connectivity index (χ2v) is 26.3. The van der Waals surface area contributed by atoms with E-state index in [1.165, 1.54) is 0 Å². The van der Waals surface area contributed by atoms with Gasteiger partial charge in [-0.05, 0) is 45.4 Å². The summed E-state index contributed by atoms with van der Waals surface area (Å²) in [6.07, 6.45) is -65.9. The van der Waals surface area contributed by atoms with Gasteiger partial charge in [0.1, 0.15) is 6.04 Å². The summed E-state index contributed by atoms with van der Waals surface area (Å²) in [7, 11) is 0. The molecule has 3 heterocycles.